The number of ether oxygens (including phenoxy) is 1. The number of halogens is 1. The molecule has 196 valence electrons. The van der Waals surface area contributed by atoms with Crippen molar-refractivity contribution in [2.24, 2.45) is 0 Å². The average molecular weight is 544 g/mol. The highest BCUT2D eigenvalue weighted by Gasteiger charge is 2.43. The first-order chi connectivity index (χ1) is 17.0. The fourth-order valence-corrected chi connectivity index (χ4v) is 5.81. The van der Waals surface area contributed by atoms with E-state index in [9.17, 15) is 4.79 Å². The Hall–Kier alpha value is -1.51. The zero-order valence-corrected chi connectivity index (χ0v) is 24.0. The van der Waals surface area contributed by atoms with E-state index in [-0.39, 0.29) is 28.2 Å². The predicted octanol–water partition coefficient (Wildman–Crippen LogP) is 5.47. The second-order valence-electron chi connectivity index (χ2n) is 11.8. The number of aromatic nitrogens is 2. The third kappa shape index (κ3) is 5.76. The van der Waals surface area contributed by atoms with Gasteiger partial charge in [0.25, 0.3) is 5.56 Å². The summed E-state index contributed by atoms with van der Waals surface area (Å²) in [5.74, 6) is 0.0678. The van der Waals surface area contributed by atoms with E-state index in [0.717, 1.165) is 5.56 Å². The Bertz CT molecular complexity index is 1320. The molecule has 0 bridgehead atoms. The van der Waals surface area contributed by atoms with Crippen molar-refractivity contribution in [3.63, 3.8) is 0 Å². The van der Waals surface area contributed by atoms with Crippen LogP contribution in [0, 0.1) is 17.5 Å². The van der Waals surface area contributed by atoms with Gasteiger partial charge in [-0.15, -0.1) is 0 Å². The molecule has 1 aromatic heterocycles. The first kappa shape index (κ1) is 28.5. The summed E-state index contributed by atoms with van der Waals surface area (Å²) >= 11 is 5.29. The van der Waals surface area contributed by atoms with E-state index in [2.05, 4.69) is 4.98 Å². The zero-order chi connectivity index (χ0) is 27.5. The number of H-pyrrole nitrogens is 1. The summed E-state index contributed by atoms with van der Waals surface area (Å²) in [7, 11) is 10.7. The van der Waals surface area contributed by atoms with Crippen LogP contribution in [0.4, 0.5) is 4.39 Å². The molecule has 37 heavy (non-hydrogen) atoms. The Labute approximate surface area is 226 Å². The van der Waals surface area contributed by atoms with Gasteiger partial charge in [0.1, 0.15) is 33.5 Å². The molecule has 0 aliphatic carbocycles. The van der Waals surface area contributed by atoms with Crippen molar-refractivity contribution in [2.45, 2.75) is 96.5 Å². The fourth-order valence-electron chi connectivity index (χ4n) is 4.44. The Kier molecular flexibility index (Phi) is 7.63. The molecule has 2 aliphatic heterocycles. The van der Waals surface area contributed by atoms with Crippen molar-refractivity contribution >= 4 is 36.5 Å². The number of rotatable bonds is 4. The molecule has 0 saturated carbocycles. The molecule has 3 atom stereocenters. The Morgan fingerprint density at radius 1 is 1.16 bits per heavy atom. The van der Waals surface area contributed by atoms with Gasteiger partial charge < -0.3 is 13.8 Å². The maximum atomic E-state index is 15.5. The van der Waals surface area contributed by atoms with Crippen LogP contribution in [0.2, 0.25) is 0 Å². The third-order valence-electron chi connectivity index (χ3n) is 6.59. The van der Waals surface area contributed by atoms with Crippen molar-refractivity contribution < 1.29 is 22.7 Å². The van der Waals surface area contributed by atoms with E-state index in [1.807, 2.05) is 47.6 Å². The summed E-state index contributed by atoms with van der Waals surface area (Å²) in [6.45, 7) is 13.7. The number of aryl methyl sites for hydroxylation is 1. The summed E-state index contributed by atoms with van der Waals surface area (Å²) in [5.41, 5.74) is 1.35. The van der Waals surface area contributed by atoms with Gasteiger partial charge in [0, 0.05) is 22.7 Å². The second-order valence-corrected chi connectivity index (χ2v) is 13.2. The van der Waals surface area contributed by atoms with Crippen LogP contribution in [-0.4, -0.2) is 36.7 Å². The van der Waals surface area contributed by atoms with Crippen molar-refractivity contribution in [1.29, 1.82) is 0 Å². The molecule has 12 heteroatoms. The number of nitrogens with one attached hydrogen (secondary N) is 1. The molecular formula is C25H32B2FN2O5PS. The molecule has 4 radical (unpaired) electrons. The number of aromatic amines is 1. The van der Waals surface area contributed by atoms with Gasteiger partial charge in [0.2, 0.25) is 0 Å². The van der Waals surface area contributed by atoms with Crippen molar-refractivity contribution in [2.75, 3.05) is 0 Å². The molecule has 0 spiro atoms. The van der Waals surface area contributed by atoms with E-state index in [1.54, 1.807) is 17.7 Å². The number of benzene rings is 1. The molecule has 4 rings (SSSR count). The molecule has 0 amide bonds. The average Bonchev–Trinajstić information content (AvgIpc) is 3.25. The molecule has 1 fully saturated rings. The minimum Gasteiger partial charge on any atom is -0.426 e. The first-order valence-corrected chi connectivity index (χ1v) is 13.7. The lowest BCUT2D eigenvalue weighted by Crippen LogP contribution is -2.45. The van der Waals surface area contributed by atoms with Crippen LogP contribution in [0.25, 0.3) is 0 Å². The van der Waals surface area contributed by atoms with Gasteiger partial charge in [-0.1, -0.05) is 41.5 Å². The van der Waals surface area contributed by atoms with Crippen LogP contribution < -0.4 is 10.1 Å². The summed E-state index contributed by atoms with van der Waals surface area (Å²) in [6.07, 6.45) is 1.51. The van der Waals surface area contributed by atoms with Gasteiger partial charge >= 0.3 is 8.60 Å². The van der Waals surface area contributed by atoms with Gasteiger partial charge in [-0.3, -0.25) is 18.9 Å². The first-order valence-electron chi connectivity index (χ1n) is 12.2. The minimum absolute atomic E-state index is 0.0318. The lowest BCUT2D eigenvalue weighted by atomic mass is 9.61. The molecule has 3 heterocycles. The third-order valence-corrected chi connectivity index (χ3v) is 8.04. The van der Waals surface area contributed by atoms with Crippen LogP contribution >= 0.6 is 20.8 Å². The van der Waals surface area contributed by atoms with Crippen LogP contribution in [0.3, 0.4) is 0 Å². The largest absolute Gasteiger partial charge is 0.426 e. The summed E-state index contributed by atoms with van der Waals surface area (Å²) < 4.78 is 41.3. The van der Waals surface area contributed by atoms with Gasteiger partial charge in [-0.05, 0) is 54.4 Å². The monoisotopic (exact) mass is 544 g/mol. The van der Waals surface area contributed by atoms with E-state index in [4.69, 9.17) is 46.2 Å². The molecule has 1 aromatic carbocycles. The second kappa shape index (κ2) is 9.91. The summed E-state index contributed by atoms with van der Waals surface area (Å²) in [6, 6.07) is 1.87. The maximum Gasteiger partial charge on any atom is 0.396 e. The minimum atomic E-state index is -2.03. The maximum absolute atomic E-state index is 15.5. The summed E-state index contributed by atoms with van der Waals surface area (Å²) in [4.78, 5) is 14.5. The highest BCUT2D eigenvalue weighted by Crippen LogP contribution is 2.54. The Morgan fingerprint density at radius 3 is 2.43 bits per heavy atom. The normalized spacial score (nSPS) is 22.5. The Balaban J connectivity index is 1.55. The van der Waals surface area contributed by atoms with Crippen LogP contribution in [0.5, 0.6) is 5.75 Å². The molecule has 2 aliphatic rings. The number of nitrogens with zero attached hydrogens (tertiary/aromatic N) is 1. The van der Waals surface area contributed by atoms with Gasteiger partial charge in [-0.25, -0.2) is 4.39 Å². The Morgan fingerprint density at radius 2 is 1.81 bits per heavy atom. The molecule has 3 unspecified atom stereocenters. The number of hydrogen-bond donors (Lipinski definition) is 1. The smallest absolute Gasteiger partial charge is 0.396 e. The molecular weight excluding hydrogens is 512 g/mol. The van der Waals surface area contributed by atoms with Crippen LogP contribution in [-0.2, 0) is 31.2 Å². The number of fused-ring (bicyclic) bond motifs is 1. The molecule has 7 nitrogen and oxygen atoms in total. The molecule has 1 saturated heterocycles. The van der Waals surface area contributed by atoms with Crippen molar-refractivity contribution in [3.8, 4) is 5.75 Å². The van der Waals surface area contributed by atoms with Crippen LogP contribution in [0.15, 0.2) is 17.1 Å². The van der Waals surface area contributed by atoms with Crippen LogP contribution in [0.1, 0.15) is 82.9 Å². The molecule has 2 aromatic rings. The SMILES string of the molecule is [B]C([B])(OP1OCc2c(F)c(C(C)(C)C)cc(C(C)(C)C)c2O1)C1CCC(n2cc(C)c(=O)[nH]c2=S)O1. The highest BCUT2D eigenvalue weighted by molar-refractivity contribution is 7.71. The zero-order valence-electron chi connectivity index (χ0n) is 22.3. The predicted molar refractivity (Wildman–Crippen MR) is 145 cm³/mol. The lowest BCUT2D eigenvalue weighted by molar-refractivity contribution is -0.0463. The lowest BCUT2D eigenvalue weighted by Gasteiger charge is -2.38. The van der Waals surface area contributed by atoms with Crippen molar-refractivity contribution in [1.82, 2.24) is 9.55 Å². The van der Waals surface area contributed by atoms with Gasteiger partial charge in [0.05, 0.1) is 18.3 Å². The topological polar surface area (TPSA) is 74.7 Å². The highest BCUT2D eigenvalue weighted by atomic mass is 32.1. The van der Waals surface area contributed by atoms with Crippen molar-refractivity contribution in [3.05, 3.63) is 55.5 Å². The fraction of sp³-hybridized carbons (Fsp3) is 0.600. The van der Waals surface area contributed by atoms with E-state index < -0.39 is 31.7 Å². The standard InChI is InChI=1S/C25H32B2FN2O5PS/c1-13-11-30(22(37)29-21(13)31)18-9-8-17(33-18)25(26,27)35-36-32-12-14-19(28)15(23(2,3)4)10-16(20(14)34-36)24(5,6)7/h10-11,17-18H,8-9,12H2,1-7H3,(H,29,31,37). The molecule has 1 N–H and O–H groups in total. The van der Waals surface area contributed by atoms with E-state index in [0.29, 0.717) is 35.3 Å². The quantitative estimate of drug-likeness (QED) is 0.313. The van der Waals surface area contributed by atoms with E-state index in [1.165, 1.54) is 0 Å². The number of hydrogen-bond acceptors (Lipinski definition) is 6. The van der Waals surface area contributed by atoms with Gasteiger partial charge in [0.15, 0.2) is 4.77 Å². The van der Waals surface area contributed by atoms with E-state index >= 15 is 4.39 Å². The summed E-state index contributed by atoms with van der Waals surface area (Å²) in [5, 5.41) is -1.75. The van der Waals surface area contributed by atoms with Gasteiger partial charge in [-0.2, -0.15) is 0 Å².